The van der Waals surface area contributed by atoms with Gasteiger partial charge >= 0.3 is 0 Å². The van der Waals surface area contributed by atoms with E-state index >= 15 is 0 Å². The van der Waals surface area contributed by atoms with Gasteiger partial charge in [-0.1, -0.05) is 6.92 Å². The number of furan rings is 1. The summed E-state index contributed by atoms with van der Waals surface area (Å²) in [5.74, 6) is 0.877. The van der Waals surface area contributed by atoms with E-state index in [0.29, 0.717) is 39.6 Å². The first-order valence-corrected chi connectivity index (χ1v) is 14.1. The van der Waals surface area contributed by atoms with E-state index in [0.717, 1.165) is 52.1 Å². The van der Waals surface area contributed by atoms with E-state index in [2.05, 4.69) is 22.0 Å². The van der Waals surface area contributed by atoms with Gasteiger partial charge in [0.05, 0.1) is 24.1 Å². The van der Waals surface area contributed by atoms with Crippen LogP contribution >= 0.6 is 0 Å². The fraction of sp³-hybridized carbons (Fsp3) is 0.577. The van der Waals surface area contributed by atoms with Crippen LogP contribution in [0, 0.1) is 13.8 Å². The number of methoxy groups -OCH3 is 1. The summed E-state index contributed by atoms with van der Waals surface area (Å²) >= 11 is 0. The van der Waals surface area contributed by atoms with Crippen LogP contribution in [0.5, 0.6) is 5.75 Å². The van der Waals surface area contributed by atoms with E-state index in [1.807, 2.05) is 0 Å². The molecule has 2 aromatic rings. The van der Waals surface area contributed by atoms with E-state index in [9.17, 15) is 13.2 Å². The third-order valence-corrected chi connectivity index (χ3v) is 9.25. The molecule has 0 radical (unpaired) electrons. The molecule has 1 saturated heterocycles. The number of carbonyl (C=O) groups excluding carboxylic acids is 1. The van der Waals surface area contributed by atoms with Crippen molar-refractivity contribution >= 4 is 15.9 Å². The predicted molar refractivity (Wildman–Crippen MR) is 138 cm³/mol. The quantitative estimate of drug-likeness (QED) is 0.489. The van der Waals surface area contributed by atoms with Crippen molar-refractivity contribution in [2.75, 3.05) is 52.9 Å². The summed E-state index contributed by atoms with van der Waals surface area (Å²) in [6.07, 6.45) is 3.04. The molecule has 1 aromatic carbocycles. The lowest BCUT2D eigenvalue weighted by molar-refractivity contribution is 0.0937. The van der Waals surface area contributed by atoms with Crippen molar-refractivity contribution in [1.29, 1.82) is 0 Å². The lowest BCUT2D eigenvalue weighted by Crippen LogP contribution is -2.48. The molecular weight excluding hydrogens is 480 g/mol. The van der Waals surface area contributed by atoms with Crippen molar-refractivity contribution in [1.82, 2.24) is 19.4 Å². The zero-order valence-electron chi connectivity index (χ0n) is 21.7. The molecule has 1 aliphatic carbocycles. The monoisotopic (exact) mass is 518 g/mol. The van der Waals surface area contributed by atoms with E-state index in [4.69, 9.17) is 9.15 Å². The molecule has 2 heterocycles. The minimum Gasteiger partial charge on any atom is -0.497 e. The topological polar surface area (TPSA) is 95.3 Å². The number of hydrogen-bond acceptors (Lipinski definition) is 7. The van der Waals surface area contributed by atoms with Crippen molar-refractivity contribution in [2.24, 2.45) is 0 Å². The maximum Gasteiger partial charge on any atom is 0.254 e. The molecule has 1 aromatic heterocycles. The standard InChI is InChI=1S/C26H38N4O5S/c1-5-28-10-12-29(13-11-28)9-8-27-26(31)21-16-24(35-18-21)17-30(22-6-7-22)36(32,33)25-19(2)14-23(34-4)15-20(25)3/h14-16,18,22H,5-13,17H2,1-4H3,(H,27,31). The Balaban J connectivity index is 1.38. The number of carbonyl (C=O) groups is 1. The van der Waals surface area contributed by atoms with Gasteiger partial charge in [-0.25, -0.2) is 8.42 Å². The van der Waals surface area contributed by atoms with Crippen molar-refractivity contribution in [3.05, 3.63) is 46.9 Å². The summed E-state index contributed by atoms with van der Waals surface area (Å²) < 4.78 is 39.8. The van der Waals surface area contributed by atoms with Gasteiger partial charge in [-0.3, -0.25) is 9.69 Å². The molecule has 1 saturated carbocycles. The molecule has 1 amide bonds. The number of amides is 1. The molecule has 2 fully saturated rings. The minimum absolute atomic E-state index is 0.0635. The van der Waals surface area contributed by atoms with Gasteiger partial charge in [-0.2, -0.15) is 4.31 Å². The summed E-state index contributed by atoms with van der Waals surface area (Å²) in [4.78, 5) is 17.7. The van der Waals surface area contributed by atoms with Gasteiger partial charge < -0.3 is 19.4 Å². The van der Waals surface area contributed by atoms with Gasteiger partial charge in [0.2, 0.25) is 10.0 Å². The Labute approximate surface area is 214 Å². The molecule has 1 aliphatic heterocycles. The molecule has 0 bridgehead atoms. The number of benzene rings is 1. The Kier molecular flexibility index (Phi) is 8.39. The Morgan fingerprint density at radius 2 is 1.75 bits per heavy atom. The number of hydrogen-bond donors (Lipinski definition) is 1. The smallest absolute Gasteiger partial charge is 0.254 e. The molecule has 0 atom stereocenters. The SMILES string of the molecule is CCN1CCN(CCNC(=O)c2coc(CN(C3CC3)S(=O)(=O)c3c(C)cc(OC)cc3C)c2)CC1. The van der Waals surface area contributed by atoms with Crippen LogP contribution in [0.4, 0.5) is 0 Å². The fourth-order valence-corrected chi connectivity index (χ4v) is 6.89. The second kappa shape index (κ2) is 11.3. The molecule has 9 nitrogen and oxygen atoms in total. The lowest BCUT2D eigenvalue weighted by atomic mass is 10.1. The Morgan fingerprint density at radius 1 is 1.11 bits per heavy atom. The molecule has 4 rings (SSSR count). The normalized spacial score (nSPS) is 17.5. The van der Waals surface area contributed by atoms with Gasteiger partial charge in [0.15, 0.2) is 0 Å². The number of ether oxygens (including phenoxy) is 1. The van der Waals surface area contributed by atoms with E-state index in [-0.39, 0.29) is 18.5 Å². The second-order valence-electron chi connectivity index (χ2n) is 9.71. The molecule has 0 unspecified atom stereocenters. The maximum absolute atomic E-state index is 13.7. The largest absolute Gasteiger partial charge is 0.497 e. The van der Waals surface area contributed by atoms with Crippen LogP contribution in [0.1, 0.15) is 47.0 Å². The average molecular weight is 519 g/mol. The van der Waals surface area contributed by atoms with Gasteiger partial charge in [0.1, 0.15) is 17.8 Å². The first-order valence-electron chi connectivity index (χ1n) is 12.7. The van der Waals surface area contributed by atoms with E-state index < -0.39 is 10.0 Å². The summed E-state index contributed by atoms with van der Waals surface area (Å²) in [6, 6.07) is 5.06. The van der Waals surface area contributed by atoms with Crippen LogP contribution in [0.25, 0.3) is 0 Å². The number of nitrogens with one attached hydrogen (secondary N) is 1. The maximum atomic E-state index is 13.7. The first-order chi connectivity index (χ1) is 17.2. The molecule has 198 valence electrons. The van der Waals surface area contributed by atoms with Crippen molar-refractivity contribution in [3.63, 3.8) is 0 Å². The highest BCUT2D eigenvalue weighted by molar-refractivity contribution is 7.89. The summed E-state index contributed by atoms with van der Waals surface area (Å²) in [7, 11) is -2.19. The number of aryl methyl sites for hydroxylation is 2. The zero-order valence-corrected chi connectivity index (χ0v) is 22.6. The van der Waals surface area contributed by atoms with Crippen LogP contribution in [-0.2, 0) is 16.6 Å². The summed E-state index contributed by atoms with van der Waals surface area (Å²) in [5, 5.41) is 2.96. The minimum atomic E-state index is -3.76. The number of rotatable bonds is 11. The van der Waals surface area contributed by atoms with Crippen LogP contribution in [-0.4, -0.2) is 87.4 Å². The molecule has 2 aliphatic rings. The van der Waals surface area contributed by atoms with Crippen LogP contribution in [0.15, 0.2) is 33.8 Å². The number of piperazine rings is 1. The second-order valence-corrected chi connectivity index (χ2v) is 11.5. The van der Waals surface area contributed by atoms with E-state index in [1.54, 1.807) is 39.2 Å². The number of sulfonamides is 1. The van der Waals surface area contributed by atoms with Crippen molar-refractivity contribution in [3.8, 4) is 5.75 Å². The van der Waals surface area contributed by atoms with Crippen LogP contribution in [0.2, 0.25) is 0 Å². The molecule has 36 heavy (non-hydrogen) atoms. The lowest BCUT2D eigenvalue weighted by Gasteiger charge is -2.33. The summed E-state index contributed by atoms with van der Waals surface area (Å²) in [6.45, 7) is 12.4. The van der Waals surface area contributed by atoms with Crippen LogP contribution in [0.3, 0.4) is 0 Å². The Morgan fingerprint density at radius 3 is 2.33 bits per heavy atom. The third-order valence-electron chi connectivity index (χ3n) is 7.04. The number of nitrogens with zero attached hydrogens (tertiary/aromatic N) is 3. The Bertz CT molecular complexity index is 1140. The molecule has 0 spiro atoms. The average Bonchev–Trinajstić information content (AvgIpc) is 3.58. The van der Waals surface area contributed by atoms with Crippen molar-refractivity contribution in [2.45, 2.75) is 51.1 Å². The van der Waals surface area contributed by atoms with Gasteiger partial charge in [-0.05, 0) is 62.6 Å². The molecule has 1 N–H and O–H groups in total. The van der Waals surface area contributed by atoms with Gasteiger partial charge in [0, 0.05) is 45.3 Å². The number of likely N-dealkylation sites (N-methyl/N-ethyl adjacent to an activating group) is 1. The Hall–Kier alpha value is -2.40. The first kappa shape index (κ1) is 26.7. The highest BCUT2D eigenvalue weighted by Crippen LogP contribution is 2.36. The highest BCUT2D eigenvalue weighted by atomic mass is 32.2. The third kappa shape index (κ3) is 6.11. The zero-order chi connectivity index (χ0) is 25.9. The van der Waals surface area contributed by atoms with Crippen molar-refractivity contribution < 1.29 is 22.4 Å². The predicted octanol–water partition coefficient (Wildman–Crippen LogP) is 2.63. The van der Waals surface area contributed by atoms with Crippen LogP contribution < -0.4 is 10.1 Å². The fourth-order valence-electron chi connectivity index (χ4n) is 4.82. The van der Waals surface area contributed by atoms with Gasteiger partial charge in [-0.15, -0.1) is 0 Å². The summed E-state index contributed by atoms with van der Waals surface area (Å²) in [5.41, 5.74) is 1.70. The van der Waals surface area contributed by atoms with E-state index in [1.165, 1.54) is 10.6 Å². The van der Waals surface area contributed by atoms with Gasteiger partial charge in [0.25, 0.3) is 5.91 Å². The molecule has 10 heteroatoms. The highest BCUT2D eigenvalue weighted by Gasteiger charge is 2.40. The molecular formula is C26H38N4O5S.